The van der Waals surface area contributed by atoms with Gasteiger partial charge in [-0.1, -0.05) is 47.1 Å². The molecule has 1 aliphatic rings. The average Bonchev–Trinajstić information content (AvgIpc) is 2.92. The molecule has 5 nitrogen and oxygen atoms in total. The van der Waals surface area contributed by atoms with Crippen LogP contribution in [0.15, 0.2) is 52.7 Å². The van der Waals surface area contributed by atoms with E-state index in [1.54, 1.807) is 42.5 Å². The number of amides is 1. The number of carbonyl (C=O) groups excluding carboxylic acids is 1. The standard InChI is InChI=1S/C17H13Cl2N3O2S/c18-12-5-6-13(19)11(7-12)8-15-16(24)21-17(25-15)22-20-9-10-3-1-2-4-14(10)23/h1-7,9,15,23H,8H2,(H,21,22,24). The molecule has 3 rings (SSSR count). The van der Waals surface area contributed by atoms with Gasteiger partial charge < -0.3 is 10.4 Å². The fourth-order valence-electron chi connectivity index (χ4n) is 2.23. The normalized spacial score (nSPS) is 18.9. The Bertz CT molecular complexity index is 871. The van der Waals surface area contributed by atoms with Gasteiger partial charge in [-0.15, -0.1) is 5.10 Å². The molecule has 1 atom stereocenters. The Balaban J connectivity index is 1.68. The monoisotopic (exact) mass is 393 g/mol. The van der Waals surface area contributed by atoms with E-state index in [1.165, 1.54) is 18.0 Å². The number of hydrogen-bond acceptors (Lipinski definition) is 5. The summed E-state index contributed by atoms with van der Waals surface area (Å²) in [6.07, 6.45) is 1.87. The number of carbonyl (C=O) groups is 1. The molecule has 1 saturated heterocycles. The Hall–Kier alpha value is -2.02. The maximum atomic E-state index is 12.1. The van der Waals surface area contributed by atoms with Gasteiger partial charge in [-0.2, -0.15) is 5.10 Å². The van der Waals surface area contributed by atoms with Crippen molar-refractivity contribution < 1.29 is 9.90 Å². The Kier molecular flexibility index (Phi) is 5.63. The molecule has 2 aromatic rings. The molecular formula is C17H13Cl2N3O2S. The zero-order valence-corrected chi connectivity index (χ0v) is 15.1. The highest BCUT2D eigenvalue weighted by Crippen LogP contribution is 2.28. The highest BCUT2D eigenvalue weighted by Gasteiger charge is 2.31. The van der Waals surface area contributed by atoms with Crippen LogP contribution in [-0.2, 0) is 11.2 Å². The van der Waals surface area contributed by atoms with E-state index < -0.39 is 0 Å². The number of aromatic hydroxyl groups is 1. The molecule has 8 heteroatoms. The zero-order chi connectivity index (χ0) is 17.8. The number of hydrogen-bond donors (Lipinski definition) is 2. The van der Waals surface area contributed by atoms with Crippen LogP contribution in [0.3, 0.4) is 0 Å². The second-order valence-electron chi connectivity index (χ2n) is 5.24. The number of nitrogens with zero attached hydrogens (tertiary/aromatic N) is 2. The number of phenolic OH excluding ortho intramolecular Hbond substituents is 1. The van der Waals surface area contributed by atoms with Crippen molar-refractivity contribution in [2.45, 2.75) is 11.7 Å². The summed E-state index contributed by atoms with van der Waals surface area (Å²) in [6.45, 7) is 0. The Morgan fingerprint density at radius 3 is 2.84 bits per heavy atom. The maximum absolute atomic E-state index is 12.1. The number of para-hydroxylation sites is 1. The summed E-state index contributed by atoms with van der Waals surface area (Å²) < 4.78 is 0. The highest BCUT2D eigenvalue weighted by atomic mass is 35.5. The van der Waals surface area contributed by atoms with Crippen LogP contribution >= 0.6 is 35.0 Å². The van der Waals surface area contributed by atoms with E-state index in [1.807, 2.05) is 0 Å². The summed E-state index contributed by atoms with van der Waals surface area (Å²) >= 11 is 13.4. The molecule has 0 aliphatic carbocycles. The van der Waals surface area contributed by atoms with Crippen molar-refractivity contribution in [1.82, 2.24) is 5.32 Å². The largest absolute Gasteiger partial charge is 0.507 e. The lowest BCUT2D eigenvalue weighted by molar-refractivity contribution is -0.118. The number of rotatable bonds is 4. The molecular weight excluding hydrogens is 381 g/mol. The van der Waals surface area contributed by atoms with Crippen molar-refractivity contribution in [3.63, 3.8) is 0 Å². The predicted molar refractivity (Wildman–Crippen MR) is 103 cm³/mol. The quantitative estimate of drug-likeness (QED) is 0.611. The molecule has 128 valence electrons. The van der Waals surface area contributed by atoms with Crippen LogP contribution in [-0.4, -0.2) is 27.6 Å². The second-order valence-corrected chi connectivity index (χ2v) is 7.28. The number of halogens is 2. The summed E-state index contributed by atoms with van der Waals surface area (Å²) in [7, 11) is 0. The van der Waals surface area contributed by atoms with E-state index in [4.69, 9.17) is 23.2 Å². The van der Waals surface area contributed by atoms with Crippen LogP contribution in [0.1, 0.15) is 11.1 Å². The van der Waals surface area contributed by atoms with Gasteiger partial charge in [0.2, 0.25) is 5.91 Å². The van der Waals surface area contributed by atoms with Crippen LogP contribution < -0.4 is 5.32 Å². The lowest BCUT2D eigenvalue weighted by Crippen LogP contribution is -2.26. The first-order valence-electron chi connectivity index (χ1n) is 7.33. The van der Waals surface area contributed by atoms with E-state index >= 15 is 0 Å². The van der Waals surface area contributed by atoms with Crippen molar-refractivity contribution >= 4 is 52.3 Å². The number of phenols is 1. The van der Waals surface area contributed by atoms with Crippen LogP contribution in [0.2, 0.25) is 10.0 Å². The lowest BCUT2D eigenvalue weighted by atomic mass is 10.1. The van der Waals surface area contributed by atoms with Crippen LogP contribution in [0, 0.1) is 0 Å². The van der Waals surface area contributed by atoms with Gasteiger partial charge in [0, 0.05) is 15.6 Å². The van der Waals surface area contributed by atoms with Gasteiger partial charge >= 0.3 is 0 Å². The summed E-state index contributed by atoms with van der Waals surface area (Å²) in [5.74, 6) is -0.0411. The molecule has 0 aromatic heterocycles. The molecule has 2 N–H and O–H groups in total. The lowest BCUT2D eigenvalue weighted by Gasteiger charge is -2.07. The third kappa shape index (κ3) is 4.54. The smallest absolute Gasteiger partial charge is 0.239 e. The third-order valence-corrected chi connectivity index (χ3v) is 5.15. The van der Waals surface area contributed by atoms with Crippen molar-refractivity contribution in [3.8, 4) is 5.75 Å². The summed E-state index contributed by atoms with van der Waals surface area (Å²) in [5.41, 5.74) is 1.35. The van der Waals surface area contributed by atoms with Gasteiger partial charge in [0.15, 0.2) is 5.17 Å². The van der Waals surface area contributed by atoms with Crippen molar-refractivity contribution in [2.75, 3.05) is 0 Å². The van der Waals surface area contributed by atoms with Crippen LogP contribution in [0.5, 0.6) is 5.75 Å². The van der Waals surface area contributed by atoms with E-state index in [0.29, 0.717) is 27.2 Å². The molecule has 2 aromatic carbocycles. The van der Waals surface area contributed by atoms with E-state index in [0.717, 1.165) is 5.56 Å². The first-order chi connectivity index (χ1) is 12.0. The Labute approximate surface area is 158 Å². The minimum absolute atomic E-state index is 0.114. The Morgan fingerprint density at radius 1 is 1.24 bits per heavy atom. The van der Waals surface area contributed by atoms with Crippen molar-refractivity contribution in [2.24, 2.45) is 10.2 Å². The van der Waals surface area contributed by atoms with Gasteiger partial charge in [-0.3, -0.25) is 4.79 Å². The minimum Gasteiger partial charge on any atom is -0.507 e. The molecule has 0 spiro atoms. The molecule has 1 aliphatic heterocycles. The first-order valence-corrected chi connectivity index (χ1v) is 8.97. The SMILES string of the molecule is O=C1NC(=NN=Cc2ccccc2O)SC1Cc1cc(Cl)ccc1Cl. The van der Waals surface area contributed by atoms with Crippen LogP contribution in [0.4, 0.5) is 0 Å². The molecule has 1 unspecified atom stereocenters. The maximum Gasteiger partial charge on any atom is 0.239 e. The molecule has 1 fully saturated rings. The molecule has 0 radical (unpaired) electrons. The third-order valence-electron chi connectivity index (χ3n) is 3.47. The summed E-state index contributed by atoms with van der Waals surface area (Å²) in [6, 6.07) is 11.9. The number of thioether (sulfide) groups is 1. The van der Waals surface area contributed by atoms with Crippen molar-refractivity contribution in [3.05, 3.63) is 63.6 Å². The van der Waals surface area contributed by atoms with Gasteiger partial charge in [-0.25, -0.2) is 0 Å². The van der Waals surface area contributed by atoms with Gasteiger partial charge in [0.25, 0.3) is 0 Å². The highest BCUT2D eigenvalue weighted by molar-refractivity contribution is 8.15. The fraction of sp³-hybridized carbons (Fsp3) is 0.118. The molecule has 0 bridgehead atoms. The topological polar surface area (TPSA) is 74.0 Å². The zero-order valence-electron chi connectivity index (χ0n) is 12.8. The van der Waals surface area contributed by atoms with Gasteiger partial charge in [-0.05, 0) is 42.3 Å². The molecule has 1 amide bonds. The van der Waals surface area contributed by atoms with Crippen LogP contribution in [0.25, 0.3) is 0 Å². The Morgan fingerprint density at radius 2 is 2.04 bits per heavy atom. The van der Waals surface area contributed by atoms with E-state index in [-0.39, 0.29) is 16.9 Å². The number of amidine groups is 1. The average molecular weight is 394 g/mol. The van der Waals surface area contributed by atoms with E-state index in [2.05, 4.69) is 15.5 Å². The summed E-state index contributed by atoms with van der Waals surface area (Å²) in [5, 5.41) is 21.4. The van der Waals surface area contributed by atoms with Gasteiger partial charge in [0.05, 0.1) is 11.5 Å². The van der Waals surface area contributed by atoms with Gasteiger partial charge in [0.1, 0.15) is 5.75 Å². The molecule has 0 saturated carbocycles. The fourth-order valence-corrected chi connectivity index (χ4v) is 3.57. The predicted octanol–water partition coefficient (Wildman–Crippen LogP) is 3.86. The van der Waals surface area contributed by atoms with E-state index in [9.17, 15) is 9.90 Å². The number of benzene rings is 2. The first kappa shape index (κ1) is 17.8. The molecule has 1 heterocycles. The second kappa shape index (κ2) is 7.91. The number of nitrogens with one attached hydrogen (secondary N) is 1. The molecule has 25 heavy (non-hydrogen) atoms. The minimum atomic E-state index is -0.352. The summed E-state index contributed by atoms with van der Waals surface area (Å²) in [4.78, 5) is 12.1. The van der Waals surface area contributed by atoms with Crippen molar-refractivity contribution in [1.29, 1.82) is 0 Å².